The van der Waals surface area contributed by atoms with Crippen molar-refractivity contribution in [2.45, 2.75) is 32.0 Å². The molecule has 0 unspecified atom stereocenters. The maximum Gasteiger partial charge on any atom is 0.297 e. The molecule has 12 nitrogen and oxygen atoms in total. The van der Waals surface area contributed by atoms with Crippen molar-refractivity contribution in [3.63, 3.8) is 0 Å². The Bertz CT molecular complexity index is 2300. The van der Waals surface area contributed by atoms with Crippen LogP contribution in [0.5, 0.6) is 11.5 Å². The summed E-state index contributed by atoms with van der Waals surface area (Å²) in [6, 6.07) is 28.1. The van der Waals surface area contributed by atoms with Gasteiger partial charge in [-0.25, -0.2) is 0 Å². The van der Waals surface area contributed by atoms with Crippen LogP contribution >= 0.6 is 0 Å². The van der Waals surface area contributed by atoms with E-state index >= 15 is 0 Å². The maximum atomic E-state index is 14.5. The van der Waals surface area contributed by atoms with Crippen LogP contribution in [0.15, 0.2) is 131 Å². The average Bonchev–Trinajstić information content (AvgIpc) is 3.40. The molecule has 2 N–H and O–H groups in total. The van der Waals surface area contributed by atoms with Gasteiger partial charge in [-0.1, -0.05) is 61.5 Å². The van der Waals surface area contributed by atoms with E-state index in [1.807, 2.05) is 36.4 Å². The zero-order chi connectivity index (χ0) is 38.4. The number of aromatic nitrogens is 2. The molecule has 0 fully saturated rings. The molecule has 0 spiro atoms. The number of hydrogen-bond acceptors (Lipinski definition) is 8. The van der Waals surface area contributed by atoms with Gasteiger partial charge >= 0.3 is 0 Å². The summed E-state index contributed by atoms with van der Waals surface area (Å²) in [5, 5.41) is 22.1. The number of amides is 2. The van der Waals surface area contributed by atoms with Gasteiger partial charge in [-0.2, -0.15) is 0 Å². The second kappa shape index (κ2) is 16.2. The molecule has 2 atom stereocenters. The standard InChI is InChI=1S/C42H42N4O8/c1-29(11-7-18-38(48)43(23-24-47)27-30-12-5-4-6-13-30)42(52)34-26-33(45-22-10-17-37(54-3)40(45)50)19-20-35(34)46(41(42)51)28-31-14-8-15-32(25-31)44-21-9-16-36(53-2)39(44)49/h4-17,19-22,25-26,29,47,52H,18,23-24,27-28H2,1-3H3/b11-7+/t29-,42+/m1/s1. The highest BCUT2D eigenvalue weighted by Crippen LogP contribution is 2.46. The molecule has 12 heteroatoms. The van der Waals surface area contributed by atoms with Crippen LogP contribution in [0.2, 0.25) is 0 Å². The van der Waals surface area contributed by atoms with Crippen LogP contribution in [0.25, 0.3) is 11.4 Å². The summed E-state index contributed by atoms with van der Waals surface area (Å²) in [6.45, 7) is 2.04. The summed E-state index contributed by atoms with van der Waals surface area (Å²) in [6.07, 6.45) is 6.46. The van der Waals surface area contributed by atoms with Crippen molar-refractivity contribution in [2.24, 2.45) is 5.92 Å². The lowest BCUT2D eigenvalue weighted by Crippen LogP contribution is -2.44. The number of fused-ring (bicyclic) bond motifs is 1. The fourth-order valence-electron chi connectivity index (χ4n) is 6.75. The van der Waals surface area contributed by atoms with Crippen LogP contribution in [0, 0.1) is 5.92 Å². The summed E-state index contributed by atoms with van der Waals surface area (Å²) in [5.41, 5.74) is 0.488. The molecule has 2 aromatic heterocycles. The molecule has 54 heavy (non-hydrogen) atoms. The largest absolute Gasteiger partial charge is 0.491 e. The molecule has 6 rings (SSSR count). The van der Waals surface area contributed by atoms with E-state index < -0.39 is 23.0 Å². The zero-order valence-corrected chi connectivity index (χ0v) is 30.3. The number of anilines is 1. The molecule has 3 aromatic carbocycles. The van der Waals surface area contributed by atoms with Crippen molar-refractivity contribution in [1.82, 2.24) is 14.0 Å². The van der Waals surface area contributed by atoms with Gasteiger partial charge in [0, 0.05) is 54.8 Å². The normalized spacial score (nSPS) is 15.6. The molecule has 5 aromatic rings. The van der Waals surface area contributed by atoms with E-state index in [2.05, 4.69) is 0 Å². The Hall–Kier alpha value is -6.24. The Morgan fingerprint density at radius 3 is 2.07 bits per heavy atom. The monoisotopic (exact) mass is 730 g/mol. The predicted molar refractivity (Wildman–Crippen MR) is 204 cm³/mol. The van der Waals surface area contributed by atoms with Crippen molar-refractivity contribution in [1.29, 1.82) is 0 Å². The first-order chi connectivity index (χ1) is 26.1. The third kappa shape index (κ3) is 7.34. The van der Waals surface area contributed by atoms with E-state index in [4.69, 9.17) is 9.47 Å². The van der Waals surface area contributed by atoms with Crippen LogP contribution in [0.1, 0.15) is 30.0 Å². The lowest BCUT2D eigenvalue weighted by molar-refractivity contribution is -0.139. The molecular formula is C42H42N4O8. The van der Waals surface area contributed by atoms with Crippen molar-refractivity contribution in [2.75, 3.05) is 32.3 Å². The maximum absolute atomic E-state index is 14.5. The molecule has 0 saturated carbocycles. The van der Waals surface area contributed by atoms with E-state index in [1.54, 1.807) is 97.0 Å². The number of rotatable bonds is 14. The van der Waals surface area contributed by atoms with Gasteiger partial charge in [-0.3, -0.25) is 28.3 Å². The number of aliphatic hydroxyl groups excluding tert-OH is 1. The van der Waals surface area contributed by atoms with Gasteiger partial charge in [-0.15, -0.1) is 0 Å². The summed E-state index contributed by atoms with van der Waals surface area (Å²) < 4.78 is 13.3. The third-order valence-electron chi connectivity index (χ3n) is 9.64. The van der Waals surface area contributed by atoms with Gasteiger partial charge in [0.1, 0.15) is 0 Å². The topological polar surface area (TPSA) is 144 Å². The SMILES string of the molecule is COc1cccn(-c2cccc(CN3C(=O)[C@](O)([C@H](C)/C=C/CC(=O)N(CCO)Cc4ccccc4)c4cc(-n5cccc(OC)c5=O)ccc43)c2)c1=O. The lowest BCUT2D eigenvalue weighted by atomic mass is 9.82. The molecule has 0 aliphatic carbocycles. The molecule has 0 bridgehead atoms. The predicted octanol–water partition coefficient (Wildman–Crippen LogP) is 4.34. The second-order valence-corrected chi connectivity index (χ2v) is 13.0. The number of hydrogen-bond donors (Lipinski definition) is 2. The minimum absolute atomic E-state index is 0.0201. The average molecular weight is 731 g/mol. The van der Waals surface area contributed by atoms with Gasteiger partial charge < -0.3 is 29.5 Å². The number of benzene rings is 3. The summed E-state index contributed by atoms with van der Waals surface area (Å²) in [7, 11) is 2.83. The van der Waals surface area contributed by atoms with Crippen LogP contribution in [0.4, 0.5) is 5.69 Å². The number of pyridine rings is 2. The highest BCUT2D eigenvalue weighted by atomic mass is 16.5. The van der Waals surface area contributed by atoms with Gasteiger partial charge in [-0.05, 0) is 65.7 Å². The van der Waals surface area contributed by atoms with Crippen LogP contribution in [0.3, 0.4) is 0 Å². The summed E-state index contributed by atoms with van der Waals surface area (Å²) >= 11 is 0. The van der Waals surface area contributed by atoms with Crippen molar-refractivity contribution in [3.05, 3.63) is 159 Å². The molecule has 3 heterocycles. The van der Waals surface area contributed by atoms with E-state index in [0.29, 0.717) is 29.2 Å². The number of carbonyl (C=O) groups excluding carboxylic acids is 2. The smallest absolute Gasteiger partial charge is 0.297 e. The first-order valence-corrected chi connectivity index (χ1v) is 17.5. The van der Waals surface area contributed by atoms with Gasteiger partial charge in [0.25, 0.3) is 17.0 Å². The number of carbonyl (C=O) groups is 2. The minimum atomic E-state index is -2.08. The van der Waals surface area contributed by atoms with Crippen molar-refractivity contribution < 1.29 is 29.3 Å². The first-order valence-electron chi connectivity index (χ1n) is 17.5. The van der Waals surface area contributed by atoms with Crippen molar-refractivity contribution in [3.8, 4) is 22.9 Å². The van der Waals surface area contributed by atoms with Crippen molar-refractivity contribution >= 4 is 17.5 Å². The van der Waals surface area contributed by atoms with E-state index in [1.165, 1.54) is 28.3 Å². The number of nitrogens with zero attached hydrogens (tertiary/aromatic N) is 4. The molecule has 1 aliphatic rings. The molecule has 0 radical (unpaired) electrons. The summed E-state index contributed by atoms with van der Waals surface area (Å²) in [5.74, 6) is -1.32. The Labute approximate surface area is 312 Å². The molecule has 2 amide bonds. The molecule has 1 aliphatic heterocycles. The Kier molecular flexibility index (Phi) is 11.2. The van der Waals surface area contributed by atoms with E-state index in [9.17, 15) is 29.4 Å². The first kappa shape index (κ1) is 37.5. The molecular weight excluding hydrogens is 688 g/mol. The fraction of sp³-hybridized carbons (Fsp3) is 0.238. The Morgan fingerprint density at radius 1 is 0.815 bits per heavy atom. The third-order valence-corrected chi connectivity index (χ3v) is 9.64. The van der Waals surface area contributed by atoms with Gasteiger partial charge in [0.15, 0.2) is 17.1 Å². The number of aliphatic hydroxyl groups is 2. The highest BCUT2D eigenvalue weighted by molar-refractivity contribution is 6.07. The minimum Gasteiger partial charge on any atom is -0.491 e. The summed E-state index contributed by atoms with van der Waals surface area (Å²) in [4.78, 5) is 57.0. The van der Waals surface area contributed by atoms with Crippen LogP contribution in [-0.4, -0.2) is 63.4 Å². The molecule has 0 saturated heterocycles. The zero-order valence-electron chi connectivity index (χ0n) is 30.3. The van der Waals surface area contributed by atoms with Gasteiger partial charge in [0.05, 0.1) is 33.1 Å². The Balaban J connectivity index is 1.34. The lowest BCUT2D eigenvalue weighted by Gasteiger charge is -2.28. The van der Waals surface area contributed by atoms with E-state index in [-0.39, 0.29) is 54.6 Å². The Morgan fingerprint density at radius 2 is 1.44 bits per heavy atom. The quantitative estimate of drug-likeness (QED) is 0.161. The second-order valence-electron chi connectivity index (χ2n) is 13.0. The molecule has 278 valence electrons. The van der Waals surface area contributed by atoms with Gasteiger partial charge in [0.2, 0.25) is 5.91 Å². The van der Waals surface area contributed by atoms with Crippen LogP contribution in [-0.2, 0) is 28.3 Å². The number of methoxy groups -OCH3 is 2. The van der Waals surface area contributed by atoms with Crippen LogP contribution < -0.4 is 25.5 Å². The number of ether oxygens (including phenoxy) is 2. The highest BCUT2D eigenvalue weighted by Gasteiger charge is 2.52. The van der Waals surface area contributed by atoms with E-state index in [0.717, 1.165) is 5.56 Å². The fourth-order valence-corrected chi connectivity index (χ4v) is 6.75.